The number of ether oxygens (including phenoxy) is 2. The SMILES string of the molecule is CC(C)(OC(=O)C(O)C(O)C(=O)OC(C)(C)C1CC[NH2+]CC1)C1CC[NH2+]CC1. The molecule has 0 spiro atoms. The second kappa shape index (κ2) is 9.52. The molecular weight excluding hydrogens is 364 g/mol. The lowest BCUT2D eigenvalue weighted by molar-refractivity contribution is -0.666. The van der Waals surface area contributed by atoms with Crippen molar-refractivity contribution in [3.63, 3.8) is 0 Å². The zero-order valence-electron chi connectivity index (χ0n) is 17.6. The fraction of sp³-hybridized carbons (Fsp3) is 0.900. The van der Waals surface area contributed by atoms with E-state index in [0.717, 1.165) is 51.9 Å². The highest BCUT2D eigenvalue weighted by atomic mass is 16.6. The van der Waals surface area contributed by atoms with Crippen LogP contribution in [0.25, 0.3) is 0 Å². The minimum Gasteiger partial charge on any atom is -0.457 e. The van der Waals surface area contributed by atoms with Crippen molar-refractivity contribution in [3.8, 4) is 0 Å². The first-order valence-corrected chi connectivity index (χ1v) is 10.5. The van der Waals surface area contributed by atoms with Crippen LogP contribution >= 0.6 is 0 Å². The van der Waals surface area contributed by atoms with Crippen LogP contribution in [0.3, 0.4) is 0 Å². The summed E-state index contributed by atoms with van der Waals surface area (Å²) in [6.07, 6.45) is -0.279. The average molecular weight is 403 g/mol. The molecule has 0 aromatic carbocycles. The molecule has 2 heterocycles. The number of rotatable bonds is 7. The molecule has 0 aliphatic carbocycles. The maximum atomic E-state index is 12.4. The monoisotopic (exact) mass is 402 g/mol. The molecule has 6 N–H and O–H groups in total. The maximum absolute atomic E-state index is 12.4. The van der Waals surface area contributed by atoms with Gasteiger partial charge in [0.1, 0.15) is 11.2 Å². The molecule has 2 unspecified atom stereocenters. The summed E-state index contributed by atoms with van der Waals surface area (Å²) in [5, 5.41) is 24.8. The Morgan fingerprint density at radius 2 is 1.04 bits per heavy atom. The van der Waals surface area contributed by atoms with Crippen LogP contribution in [0.2, 0.25) is 0 Å². The molecule has 2 aliphatic rings. The van der Waals surface area contributed by atoms with Crippen molar-refractivity contribution in [1.82, 2.24) is 0 Å². The van der Waals surface area contributed by atoms with E-state index >= 15 is 0 Å². The summed E-state index contributed by atoms with van der Waals surface area (Å²) in [5.74, 6) is -1.62. The van der Waals surface area contributed by atoms with Crippen LogP contribution in [0, 0.1) is 11.8 Å². The van der Waals surface area contributed by atoms with Gasteiger partial charge in [0.05, 0.1) is 26.2 Å². The molecule has 0 aromatic rings. The van der Waals surface area contributed by atoms with Gasteiger partial charge in [-0.1, -0.05) is 0 Å². The Hall–Kier alpha value is -1.22. The molecule has 2 rings (SSSR count). The number of hydrogen-bond acceptors (Lipinski definition) is 6. The zero-order valence-corrected chi connectivity index (χ0v) is 17.6. The molecule has 8 heteroatoms. The molecule has 162 valence electrons. The maximum Gasteiger partial charge on any atom is 0.338 e. The largest absolute Gasteiger partial charge is 0.457 e. The number of aliphatic hydroxyl groups excluding tert-OH is 2. The van der Waals surface area contributed by atoms with Gasteiger partial charge >= 0.3 is 11.9 Å². The van der Waals surface area contributed by atoms with Crippen molar-refractivity contribution in [2.75, 3.05) is 26.2 Å². The Balaban J connectivity index is 1.91. The first-order chi connectivity index (χ1) is 13.0. The molecule has 2 aliphatic heterocycles. The first-order valence-electron chi connectivity index (χ1n) is 10.5. The third-order valence-electron chi connectivity index (χ3n) is 6.35. The third-order valence-corrected chi connectivity index (χ3v) is 6.35. The lowest BCUT2D eigenvalue weighted by Gasteiger charge is -2.37. The Labute approximate surface area is 167 Å². The number of piperidine rings is 2. The van der Waals surface area contributed by atoms with Crippen molar-refractivity contribution in [1.29, 1.82) is 0 Å². The highest BCUT2D eigenvalue weighted by Gasteiger charge is 2.42. The summed E-state index contributed by atoms with van der Waals surface area (Å²) in [4.78, 5) is 24.7. The lowest BCUT2D eigenvalue weighted by Crippen LogP contribution is -2.86. The number of nitrogens with two attached hydrogens (primary N) is 2. The van der Waals surface area contributed by atoms with E-state index in [-0.39, 0.29) is 11.8 Å². The first kappa shape index (κ1) is 23.1. The highest BCUT2D eigenvalue weighted by Crippen LogP contribution is 2.30. The van der Waals surface area contributed by atoms with Crippen molar-refractivity contribution in [2.45, 2.75) is 76.8 Å². The highest BCUT2D eigenvalue weighted by molar-refractivity contribution is 5.85. The molecular formula is C20H38N2O6+2. The molecule has 0 amide bonds. The van der Waals surface area contributed by atoms with Crippen LogP contribution in [-0.4, -0.2) is 71.7 Å². The van der Waals surface area contributed by atoms with Gasteiger partial charge in [0, 0.05) is 37.5 Å². The molecule has 0 bridgehead atoms. The summed E-state index contributed by atoms with van der Waals surface area (Å²) in [6, 6.07) is 0. The van der Waals surface area contributed by atoms with Crippen molar-refractivity contribution in [2.24, 2.45) is 11.8 Å². The summed E-state index contributed by atoms with van der Waals surface area (Å²) in [6.45, 7) is 11.1. The van der Waals surface area contributed by atoms with Crippen LogP contribution in [0.1, 0.15) is 53.4 Å². The second-order valence-electron chi connectivity index (χ2n) is 9.22. The Bertz CT molecular complexity index is 491. The normalized spacial score (nSPS) is 22.4. The Kier molecular flexibility index (Phi) is 7.84. The van der Waals surface area contributed by atoms with Crippen LogP contribution in [-0.2, 0) is 19.1 Å². The van der Waals surface area contributed by atoms with E-state index < -0.39 is 35.3 Å². The zero-order chi connectivity index (χ0) is 20.9. The van der Waals surface area contributed by atoms with Crippen molar-refractivity contribution < 1.29 is 39.9 Å². The number of quaternary nitrogens is 2. The second-order valence-corrected chi connectivity index (χ2v) is 9.22. The average Bonchev–Trinajstić information content (AvgIpc) is 2.67. The number of aliphatic hydroxyl groups is 2. The molecule has 0 saturated carbocycles. The van der Waals surface area contributed by atoms with E-state index in [0.29, 0.717) is 0 Å². The van der Waals surface area contributed by atoms with Crippen LogP contribution in [0.4, 0.5) is 0 Å². The number of hydrogen-bond donors (Lipinski definition) is 4. The van der Waals surface area contributed by atoms with Gasteiger partial charge in [0.15, 0.2) is 12.2 Å². The van der Waals surface area contributed by atoms with Crippen LogP contribution < -0.4 is 10.6 Å². The molecule has 28 heavy (non-hydrogen) atoms. The van der Waals surface area contributed by atoms with Gasteiger partial charge in [-0.05, 0) is 27.7 Å². The predicted octanol–water partition coefficient (Wildman–Crippen LogP) is -1.70. The van der Waals surface area contributed by atoms with Gasteiger partial charge in [-0.3, -0.25) is 0 Å². The summed E-state index contributed by atoms with van der Waals surface area (Å²) < 4.78 is 11.0. The van der Waals surface area contributed by atoms with Crippen molar-refractivity contribution >= 4 is 11.9 Å². The van der Waals surface area contributed by atoms with Gasteiger partial charge in [-0.25, -0.2) is 9.59 Å². The van der Waals surface area contributed by atoms with Gasteiger partial charge in [0.25, 0.3) is 0 Å². The Morgan fingerprint density at radius 3 is 1.32 bits per heavy atom. The fourth-order valence-corrected chi connectivity index (χ4v) is 4.31. The van der Waals surface area contributed by atoms with E-state index in [1.165, 1.54) is 0 Å². The van der Waals surface area contributed by atoms with Crippen molar-refractivity contribution in [3.05, 3.63) is 0 Å². The standard InChI is InChI=1S/C20H36N2O6/c1-19(2,13-5-9-21-10-6-13)27-17(25)15(23)16(24)18(26)28-20(3,4)14-7-11-22-12-8-14/h13-16,21-24H,5-12H2,1-4H3/p+2. The minimum absolute atomic E-state index is 0.180. The predicted molar refractivity (Wildman–Crippen MR) is 101 cm³/mol. The van der Waals surface area contributed by atoms with E-state index in [4.69, 9.17) is 9.47 Å². The smallest absolute Gasteiger partial charge is 0.338 e. The van der Waals surface area contributed by atoms with Gasteiger partial charge in [0.2, 0.25) is 0 Å². The Morgan fingerprint density at radius 1 is 0.750 bits per heavy atom. The fourth-order valence-electron chi connectivity index (χ4n) is 4.31. The molecule has 0 aromatic heterocycles. The van der Waals surface area contributed by atoms with E-state index in [9.17, 15) is 19.8 Å². The molecule has 8 nitrogen and oxygen atoms in total. The molecule has 2 saturated heterocycles. The third kappa shape index (κ3) is 5.89. The summed E-state index contributed by atoms with van der Waals surface area (Å²) >= 11 is 0. The van der Waals surface area contributed by atoms with E-state index in [2.05, 4.69) is 10.6 Å². The number of esters is 2. The number of carbonyl (C=O) groups excluding carboxylic acids is 2. The summed E-state index contributed by atoms with van der Waals surface area (Å²) in [5.41, 5.74) is -1.54. The van der Waals surface area contributed by atoms with Gasteiger partial charge < -0.3 is 30.3 Å². The topological polar surface area (TPSA) is 126 Å². The van der Waals surface area contributed by atoms with Gasteiger partial charge in [-0.2, -0.15) is 0 Å². The molecule has 0 radical (unpaired) electrons. The quantitative estimate of drug-likeness (QED) is 0.376. The van der Waals surface area contributed by atoms with E-state index in [1.807, 2.05) is 27.7 Å². The van der Waals surface area contributed by atoms with Crippen LogP contribution in [0.5, 0.6) is 0 Å². The minimum atomic E-state index is -1.96. The van der Waals surface area contributed by atoms with Crippen LogP contribution in [0.15, 0.2) is 0 Å². The van der Waals surface area contributed by atoms with E-state index in [1.54, 1.807) is 0 Å². The summed E-state index contributed by atoms with van der Waals surface area (Å²) in [7, 11) is 0. The lowest BCUT2D eigenvalue weighted by atomic mass is 9.83. The van der Waals surface area contributed by atoms with Gasteiger partial charge in [-0.15, -0.1) is 0 Å². The molecule has 2 fully saturated rings. The molecule has 2 atom stereocenters. The number of carbonyl (C=O) groups is 2.